The fraction of sp³-hybridized carbons (Fsp3) is 1.00. The molecule has 104 valence electrons. The molecule has 0 saturated heterocycles. The quantitative estimate of drug-likeness (QED) is 0.316. The molecular weight excluding hydrogens is 296 g/mol. The molecule has 0 aromatic heterocycles. The van der Waals surface area contributed by atoms with E-state index >= 15 is 0 Å². The van der Waals surface area contributed by atoms with E-state index in [1.807, 2.05) is 0 Å². The summed E-state index contributed by atoms with van der Waals surface area (Å²) in [6.07, 6.45) is 0. The van der Waals surface area contributed by atoms with Crippen LogP contribution in [-0.4, -0.2) is 74.4 Å². The van der Waals surface area contributed by atoms with Crippen LogP contribution in [0.4, 0.5) is 0 Å². The Hall–Kier alpha value is 1.28. The molecule has 2 unspecified atom stereocenters. The number of aliphatic hydroxyl groups is 3. The zero-order valence-electron chi connectivity index (χ0n) is 9.83. The number of thiol groups is 1. The van der Waals surface area contributed by atoms with Crippen molar-refractivity contribution < 1.29 is 15.3 Å². The van der Waals surface area contributed by atoms with E-state index in [0.29, 0.717) is 5.25 Å². The molecule has 0 radical (unpaired) electrons. The van der Waals surface area contributed by atoms with E-state index in [1.165, 1.54) is 0 Å². The van der Waals surface area contributed by atoms with Gasteiger partial charge in [0, 0.05) is 39.3 Å². The number of hydrogen-bond acceptors (Lipinski definition) is 7. The van der Waals surface area contributed by atoms with Crippen LogP contribution in [0.15, 0.2) is 0 Å². The summed E-state index contributed by atoms with van der Waals surface area (Å²) >= 11 is 9.57. The van der Waals surface area contributed by atoms with Gasteiger partial charge in [0.05, 0.1) is 19.8 Å². The molecule has 0 aliphatic carbocycles. The molecule has 0 aliphatic rings. The maximum atomic E-state index is 9.19. The van der Waals surface area contributed by atoms with Crippen molar-refractivity contribution in [2.75, 3.05) is 48.6 Å². The van der Waals surface area contributed by atoms with Crippen LogP contribution in [0.2, 0.25) is 0 Å². The molecule has 0 rings (SSSR count). The minimum Gasteiger partial charge on any atom is -0.396 e. The Kier molecular flexibility index (Phi) is 14.7. The molecular formula is C10H22O3S4. The second-order valence-electron chi connectivity index (χ2n) is 3.39. The van der Waals surface area contributed by atoms with Gasteiger partial charge in [0.25, 0.3) is 0 Å². The second-order valence-corrected chi connectivity index (χ2v) is 7.75. The summed E-state index contributed by atoms with van der Waals surface area (Å²) in [6.45, 7) is 0.587. The molecule has 0 amide bonds. The molecule has 3 N–H and O–H groups in total. The highest BCUT2D eigenvalue weighted by Gasteiger charge is 2.11. The molecule has 0 heterocycles. The maximum Gasteiger partial charge on any atom is 0.0558 e. The Morgan fingerprint density at radius 1 is 0.882 bits per heavy atom. The fourth-order valence-corrected chi connectivity index (χ4v) is 4.48. The number of thioether (sulfide) groups is 3. The zero-order chi connectivity index (χ0) is 12.9. The molecule has 17 heavy (non-hydrogen) atoms. The summed E-state index contributed by atoms with van der Waals surface area (Å²) in [7, 11) is 0. The standard InChI is InChI=1S/C10H22O3S4/c11-1-3-15-6-9(14)7-17-10(5-13)8-16-4-2-12/h9-14H,1-8H2. The first-order valence-corrected chi connectivity index (χ1v) is 9.39. The lowest BCUT2D eigenvalue weighted by atomic mass is 10.5. The minimum absolute atomic E-state index is 0.174. The van der Waals surface area contributed by atoms with Crippen LogP contribution in [0.1, 0.15) is 0 Å². The van der Waals surface area contributed by atoms with Crippen molar-refractivity contribution >= 4 is 47.9 Å². The third-order valence-electron chi connectivity index (χ3n) is 1.81. The van der Waals surface area contributed by atoms with Crippen LogP contribution in [0.3, 0.4) is 0 Å². The van der Waals surface area contributed by atoms with Gasteiger partial charge in [-0.05, 0) is 0 Å². The van der Waals surface area contributed by atoms with Crippen LogP contribution in [0, 0.1) is 0 Å². The Labute approximate surface area is 122 Å². The number of hydrogen-bond donors (Lipinski definition) is 4. The third-order valence-corrected chi connectivity index (χ3v) is 6.48. The van der Waals surface area contributed by atoms with Crippen LogP contribution in [0.5, 0.6) is 0 Å². The van der Waals surface area contributed by atoms with Gasteiger partial charge in [0.15, 0.2) is 0 Å². The predicted molar refractivity (Wildman–Crippen MR) is 84.9 cm³/mol. The smallest absolute Gasteiger partial charge is 0.0558 e. The van der Waals surface area contributed by atoms with Gasteiger partial charge in [-0.1, -0.05) is 0 Å². The highest BCUT2D eigenvalue weighted by atomic mass is 32.2. The lowest BCUT2D eigenvalue weighted by Crippen LogP contribution is -2.17. The fourth-order valence-electron chi connectivity index (χ4n) is 1.01. The lowest BCUT2D eigenvalue weighted by Gasteiger charge is -2.16. The Morgan fingerprint density at radius 2 is 1.47 bits per heavy atom. The van der Waals surface area contributed by atoms with Gasteiger partial charge >= 0.3 is 0 Å². The summed E-state index contributed by atoms with van der Waals surface area (Å²) in [6, 6.07) is 0. The SMILES string of the molecule is OCCSCC(S)CSC(CO)CSCCO. The first-order chi connectivity index (χ1) is 8.24. The Balaban J connectivity index is 3.52. The molecule has 3 nitrogen and oxygen atoms in total. The average molecular weight is 319 g/mol. The maximum absolute atomic E-state index is 9.19. The van der Waals surface area contributed by atoms with Crippen molar-refractivity contribution in [2.24, 2.45) is 0 Å². The zero-order valence-corrected chi connectivity index (χ0v) is 13.2. The van der Waals surface area contributed by atoms with Crippen LogP contribution >= 0.6 is 47.9 Å². The van der Waals surface area contributed by atoms with Crippen LogP contribution < -0.4 is 0 Å². The molecule has 2 atom stereocenters. The van der Waals surface area contributed by atoms with Crippen molar-refractivity contribution in [2.45, 2.75) is 10.5 Å². The molecule has 7 heteroatoms. The normalized spacial score (nSPS) is 14.8. The first kappa shape index (κ1) is 18.3. The van der Waals surface area contributed by atoms with E-state index in [1.54, 1.807) is 35.3 Å². The van der Waals surface area contributed by atoms with Crippen molar-refractivity contribution in [1.82, 2.24) is 0 Å². The molecule has 0 saturated carbocycles. The largest absolute Gasteiger partial charge is 0.396 e. The van der Waals surface area contributed by atoms with Gasteiger partial charge in [-0.3, -0.25) is 0 Å². The third kappa shape index (κ3) is 12.1. The minimum atomic E-state index is 0.174. The van der Waals surface area contributed by atoms with E-state index in [9.17, 15) is 5.11 Å². The molecule has 0 fully saturated rings. The van der Waals surface area contributed by atoms with Crippen molar-refractivity contribution in [1.29, 1.82) is 0 Å². The highest BCUT2D eigenvalue weighted by molar-refractivity contribution is 8.04. The summed E-state index contributed by atoms with van der Waals surface area (Å²) in [4.78, 5) is 0. The van der Waals surface area contributed by atoms with Crippen molar-refractivity contribution in [3.8, 4) is 0 Å². The van der Waals surface area contributed by atoms with Crippen LogP contribution in [0.25, 0.3) is 0 Å². The Morgan fingerprint density at radius 3 is 2.00 bits per heavy atom. The van der Waals surface area contributed by atoms with Crippen LogP contribution in [-0.2, 0) is 0 Å². The summed E-state index contributed by atoms with van der Waals surface area (Å²) in [5.41, 5.74) is 0. The topological polar surface area (TPSA) is 60.7 Å². The van der Waals surface area contributed by atoms with Gasteiger partial charge in [-0.15, -0.1) is 0 Å². The van der Waals surface area contributed by atoms with E-state index < -0.39 is 0 Å². The van der Waals surface area contributed by atoms with Gasteiger partial charge in [0.2, 0.25) is 0 Å². The second kappa shape index (κ2) is 13.7. The summed E-state index contributed by atoms with van der Waals surface area (Å²) in [5, 5.41) is 27.0. The lowest BCUT2D eigenvalue weighted by molar-refractivity contribution is 0.301. The average Bonchev–Trinajstić information content (AvgIpc) is 2.34. The van der Waals surface area contributed by atoms with E-state index in [4.69, 9.17) is 10.2 Å². The summed E-state index contributed by atoms with van der Waals surface area (Å²) < 4.78 is 0. The molecule has 0 spiro atoms. The number of rotatable bonds is 12. The van der Waals surface area contributed by atoms with E-state index in [-0.39, 0.29) is 25.1 Å². The van der Waals surface area contributed by atoms with E-state index in [0.717, 1.165) is 28.8 Å². The van der Waals surface area contributed by atoms with Gasteiger partial charge < -0.3 is 15.3 Å². The molecule has 0 aliphatic heterocycles. The molecule has 0 aromatic carbocycles. The molecule has 0 aromatic rings. The first-order valence-electron chi connectivity index (χ1n) is 5.52. The molecule has 0 bridgehead atoms. The Bertz CT molecular complexity index is 162. The van der Waals surface area contributed by atoms with Gasteiger partial charge in [0.1, 0.15) is 0 Å². The van der Waals surface area contributed by atoms with E-state index in [2.05, 4.69) is 12.6 Å². The van der Waals surface area contributed by atoms with Crippen molar-refractivity contribution in [3.63, 3.8) is 0 Å². The number of aliphatic hydroxyl groups excluding tert-OH is 3. The predicted octanol–water partition coefficient (Wildman–Crippen LogP) is 0.830. The van der Waals surface area contributed by atoms with Gasteiger partial charge in [-0.2, -0.15) is 47.9 Å². The van der Waals surface area contributed by atoms with Gasteiger partial charge in [-0.25, -0.2) is 0 Å². The summed E-state index contributed by atoms with van der Waals surface area (Å²) in [5.74, 6) is 4.20. The van der Waals surface area contributed by atoms with Crippen molar-refractivity contribution in [3.05, 3.63) is 0 Å². The highest BCUT2D eigenvalue weighted by Crippen LogP contribution is 2.20. The monoisotopic (exact) mass is 318 g/mol.